The summed E-state index contributed by atoms with van der Waals surface area (Å²) < 4.78 is 25.4. The van der Waals surface area contributed by atoms with Crippen molar-refractivity contribution in [2.24, 2.45) is 0 Å². The molecule has 0 saturated carbocycles. The van der Waals surface area contributed by atoms with E-state index in [1.807, 2.05) is 6.92 Å². The van der Waals surface area contributed by atoms with Crippen LogP contribution in [0.3, 0.4) is 0 Å². The molecule has 2 heterocycles. The van der Waals surface area contributed by atoms with Crippen LogP contribution in [-0.4, -0.2) is 24.3 Å². The van der Waals surface area contributed by atoms with Gasteiger partial charge in [0, 0.05) is 29.8 Å². The van der Waals surface area contributed by atoms with Crippen molar-refractivity contribution in [3.8, 4) is 0 Å². The first-order valence-corrected chi connectivity index (χ1v) is 10.5. The molecule has 0 aliphatic heterocycles. The van der Waals surface area contributed by atoms with Crippen LogP contribution in [0, 0.1) is 6.92 Å². The number of benzene rings is 2. The second-order valence-corrected chi connectivity index (χ2v) is 8.74. The Balaban J connectivity index is 1.45. The first-order chi connectivity index (χ1) is 13.9. The number of carbonyl (C=O) groups excluding carboxylic acids is 1. The van der Waals surface area contributed by atoms with E-state index in [2.05, 4.69) is 15.3 Å². The Morgan fingerprint density at radius 2 is 1.66 bits per heavy atom. The smallest absolute Gasteiger partial charge is 0.267 e. The van der Waals surface area contributed by atoms with Crippen LogP contribution in [-0.2, 0) is 16.4 Å². The fourth-order valence-corrected chi connectivity index (χ4v) is 4.27. The van der Waals surface area contributed by atoms with Gasteiger partial charge in [-0.15, -0.1) is 0 Å². The highest BCUT2D eigenvalue weighted by Crippen LogP contribution is 2.21. The van der Waals surface area contributed by atoms with Gasteiger partial charge in [-0.3, -0.25) is 9.78 Å². The third-order valence-corrected chi connectivity index (χ3v) is 6.47. The van der Waals surface area contributed by atoms with E-state index in [4.69, 9.17) is 0 Å². The summed E-state index contributed by atoms with van der Waals surface area (Å²) in [5.41, 5.74) is 3.10. The topological polar surface area (TPSA) is 91.9 Å². The van der Waals surface area contributed by atoms with E-state index in [9.17, 15) is 13.2 Å². The van der Waals surface area contributed by atoms with Crippen molar-refractivity contribution in [1.82, 2.24) is 15.3 Å². The molecule has 0 unspecified atom stereocenters. The summed E-state index contributed by atoms with van der Waals surface area (Å²) in [5, 5.41) is 3.70. The fraction of sp³-hybridized carbons (Fsp3) is 0.0909. The van der Waals surface area contributed by atoms with Gasteiger partial charge in [0.1, 0.15) is 5.69 Å². The van der Waals surface area contributed by atoms with Gasteiger partial charge in [-0.2, -0.15) is 0 Å². The lowest BCUT2D eigenvalue weighted by atomic mass is 10.2. The molecule has 29 heavy (non-hydrogen) atoms. The molecular weight excluding hydrogens is 386 g/mol. The Hall–Kier alpha value is -3.45. The Bertz CT molecular complexity index is 1240. The Labute approximate surface area is 168 Å². The molecule has 0 aliphatic carbocycles. The average Bonchev–Trinajstić information content (AvgIpc) is 3.17. The number of H-pyrrole nitrogens is 1. The van der Waals surface area contributed by atoms with Gasteiger partial charge in [-0.1, -0.05) is 29.8 Å². The molecule has 4 rings (SSSR count). The van der Waals surface area contributed by atoms with Crippen molar-refractivity contribution in [2.45, 2.75) is 23.3 Å². The fourth-order valence-electron chi connectivity index (χ4n) is 3.01. The molecule has 2 N–H and O–H groups in total. The first-order valence-electron chi connectivity index (χ1n) is 9.05. The number of aromatic nitrogens is 2. The molecule has 1 amide bonds. The van der Waals surface area contributed by atoms with E-state index < -0.39 is 9.84 Å². The third-order valence-electron chi connectivity index (χ3n) is 4.68. The Morgan fingerprint density at radius 1 is 1.00 bits per heavy atom. The molecule has 0 saturated heterocycles. The minimum Gasteiger partial charge on any atom is -0.350 e. The van der Waals surface area contributed by atoms with Crippen LogP contribution < -0.4 is 5.32 Å². The molecule has 7 heteroatoms. The highest BCUT2D eigenvalue weighted by molar-refractivity contribution is 7.91. The highest BCUT2D eigenvalue weighted by Gasteiger charge is 2.17. The van der Waals surface area contributed by atoms with Gasteiger partial charge >= 0.3 is 0 Å². The largest absolute Gasteiger partial charge is 0.350 e. The number of carbonyl (C=O) groups is 1. The van der Waals surface area contributed by atoms with Crippen molar-refractivity contribution in [2.75, 3.05) is 0 Å². The lowest BCUT2D eigenvalue weighted by Crippen LogP contribution is -2.23. The third kappa shape index (κ3) is 3.90. The van der Waals surface area contributed by atoms with E-state index >= 15 is 0 Å². The number of aryl methyl sites for hydroxylation is 1. The van der Waals surface area contributed by atoms with E-state index in [1.165, 1.54) is 0 Å². The number of pyridine rings is 1. The second kappa shape index (κ2) is 7.52. The van der Waals surface area contributed by atoms with Crippen molar-refractivity contribution in [3.63, 3.8) is 0 Å². The molecular formula is C22H19N3O3S. The number of hydrogen-bond acceptors (Lipinski definition) is 4. The summed E-state index contributed by atoms with van der Waals surface area (Å²) in [6.07, 6.45) is 3.35. The maximum absolute atomic E-state index is 12.7. The van der Waals surface area contributed by atoms with Gasteiger partial charge in [0.25, 0.3) is 5.91 Å². The summed E-state index contributed by atoms with van der Waals surface area (Å²) in [6, 6.07) is 16.8. The van der Waals surface area contributed by atoms with Crippen molar-refractivity contribution < 1.29 is 13.2 Å². The summed E-state index contributed by atoms with van der Waals surface area (Å²) in [6.45, 7) is 2.20. The first kappa shape index (κ1) is 18.9. The number of rotatable bonds is 5. The summed E-state index contributed by atoms with van der Waals surface area (Å²) in [7, 11) is -3.56. The van der Waals surface area contributed by atoms with Gasteiger partial charge < -0.3 is 10.3 Å². The Kier molecular flexibility index (Phi) is 4.90. The standard InChI is InChI=1S/C22H19N3O3S/c1-15-2-6-18(7-3-15)29(27,28)19-8-4-16(5-9-19)13-24-22(26)21-12-17-14-23-11-10-20(17)25-21/h2-12,14,25H,13H2,1H3,(H,24,26). The van der Waals surface area contributed by atoms with Crippen LogP contribution in [0.4, 0.5) is 0 Å². The van der Waals surface area contributed by atoms with Gasteiger partial charge in [-0.05, 0) is 48.9 Å². The summed E-state index contributed by atoms with van der Waals surface area (Å²) in [4.78, 5) is 19.9. The van der Waals surface area contributed by atoms with E-state index in [-0.39, 0.29) is 22.2 Å². The minimum atomic E-state index is -3.56. The zero-order valence-corrected chi connectivity index (χ0v) is 16.5. The zero-order valence-electron chi connectivity index (χ0n) is 15.7. The van der Waals surface area contributed by atoms with Gasteiger partial charge in [-0.25, -0.2) is 8.42 Å². The van der Waals surface area contributed by atoms with Gasteiger partial charge in [0.15, 0.2) is 0 Å². The average molecular weight is 405 g/mol. The molecule has 0 aliphatic rings. The summed E-state index contributed by atoms with van der Waals surface area (Å²) >= 11 is 0. The highest BCUT2D eigenvalue weighted by atomic mass is 32.2. The van der Waals surface area contributed by atoms with Crippen LogP contribution in [0.25, 0.3) is 10.9 Å². The van der Waals surface area contributed by atoms with Gasteiger partial charge in [0.05, 0.1) is 9.79 Å². The molecule has 4 aromatic rings. The molecule has 0 spiro atoms. The van der Waals surface area contributed by atoms with E-state index in [1.54, 1.807) is 73.1 Å². The van der Waals surface area contributed by atoms with Gasteiger partial charge in [0.2, 0.25) is 9.84 Å². The number of nitrogens with one attached hydrogen (secondary N) is 2. The maximum atomic E-state index is 12.7. The molecule has 0 atom stereocenters. The van der Waals surface area contributed by atoms with Crippen molar-refractivity contribution in [3.05, 3.63) is 89.9 Å². The number of amides is 1. The van der Waals surface area contributed by atoms with Crippen LogP contribution in [0.1, 0.15) is 21.6 Å². The monoisotopic (exact) mass is 405 g/mol. The molecule has 146 valence electrons. The van der Waals surface area contributed by atoms with E-state index in [0.717, 1.165) is 22.0 Å². The molecule has 0 radical (unpaired) electrons. The number of fused-ring (bicyclic) bond motifs is 1. The molecule has 0 fully saturated rings. The normalized spacial score (nSPS) is 11.5. The number of nitrogens with zero attached hydrogens (tertiary/aromatic N) is 1. The quantitative estimate of drug-likeness (QED) is 0.530. The Morgan fingerprint density at radius 3 is 2.31 bits per heavy atom. The lowest BCUT2D eigenvalue weighted by molar-refractivity contribution is 0.0946. The molecule has 0 bridgehead atoms. The SMILES string of the molecule is Cc1ccc(S(=O)(=O)c2ccc(CNC(=O)c3cc4cnccc4[nH]3)cc2)cc1. The van der Waals surface area contributed by atoms with Crippen LogP contribution in [0.2, 0.25) is 0 Å². The molecule has 6 nitrogen and oxygen atoms in total. The second-order valence-electron chi connectivity index (χ2n) is 6.79. The summed E-state index contributed by atoms with van der Waals surface area (Å²) in [5.74, 6) is -0.238. The van der Waals surface area contributed by atoms with E-state index in [0.29, 0.717) is 5.69 Å². The minimum absolute atomic E-state index is 0.222. The van der Waals surface area contributed by atoms with Crippen LogP contribution >= 0.6 is 0 Å². The van der Waals surface area contributed by atoms with Crippen LogP contribution in [0.15, 0.2) is 82.8 Å². The van der Waals surface area contributed by atoms with Crippen molar-refractivity contribution in [1.29, 1.82) is 0 Å². The van der Waals surface area contributed by atoms with Crippen molar-refractivity contribution >= 4 is 26.6 Å². The maximum Gasteiger partial charge on any atom is 0.267 e. The molecule has 2 aromatic heterocycles. The lowest BCUT2D eigenvalue weighted by Gasteiger charge is -2.07. The van der Waals surface area contributed by atoms with Crippen LogP contribution in [0.5, 0.6) is 0 Å². The predicted octanol–water partition coefficient (Wildman–Crippen LogP) is 3.63. The predicted molar refractivity (Wildman–Crippen MR) is 110 cm³/mol. The number of hydrogen-bond donors (Lipinski definition) is 2. The zero-order chi connectivity index (χ0) is 20.4. The number of aromatic amines is 1. The number of sulfone groups is 1. The molecule has 2 aromatic carbocycles.